The van der Waals surface area contributed by atoms with Gasteiger partial charge in [-0.1, -0.05) is 42.5 Å². The average Bonchev–Trinajstić information content (AvgIpc) is 2.59. The van der Waals surface area contributed by atoms with E-state index in [0.29, 0.717) is 17.9 Å². The summed E-state index contributed by atoms with van der Waals surface area (Å²) in [7, 11) is 0. The summed E-state index contributed by atoms with van der Waals surface area (Å²) in [5, 5.41) is 4.75. The smallest absolute Gasteiger partial charge is 0.321 e. The van der Waals surface area contributed by atoms with Crippen molar-refractivity contribution in [1.29, 1.82) is 0 Å². The van der Waals surface area contributed by atoms with Crippen LogP contribution < -0.4 is 15.4 Å². The molecule has 2 rings (SSSR count). The molecule has 0 bridgehead atoms. The SMILES string of the molecule is CC(=O)c1ccccc1OCC(=O)NC(=O)NCc1ccccc1. The number of nitrogens with one attached hydrogen (secondary N) is 2. The minimum atomic E-state index is -0.604. The normalized spacial score (nSPS) is 9.88. The largest absolute Gasteiger partial charge is 0.483 e. The molecule has 0 fully saturated rings. The van der Waals surface area contributed by atoms with Crippen LogP contribution in [0.5, 0.6) is 5.75 Å². The van der Waals surface area contributed by atoms with E-state index in [2.05, 4.69) is 10.6 Å². The predicted molar refractivity (Wildman–Crippen MR) is 88.8 cm³/mol. The molecule has 0 heterocycles. The molecule has 2 N–H and O–H groups in total. The molecule has 0 aliphatic heterocycles. The van der Waals surface area contributed by atoms with Crippen molar-refractivity contribution in [3.05, 3.63) is 65.7 Å². The number of carbonyl (C=O) groups excluding carboxylic acids is 3. The van der Waals surface area contributed by atoms with Crippen LogP contribution in [0.2, 0.25) is 0 Å². The van der Waals surface area contributed by atoms with Gasteiger partial charge in [0.25, 0.3) is 5.91 Å². The minimum Gasteiger partial charge on any atom is -0.483 e. The molecule has 2 aromatic carbocycles. The summed E-state index contributed by atoms with van der Waals surface area (Å²) in [6.45, 7) is 1.37. The summed E-state index contributed by atoms with van der Waals surface area (Å²) in [6, 6.07) is 15.3. The van der Waals surface area contributed by atoms with Crippen LogP contribution >= 0.6 is 0 Å². The second kappa shape index (κ2) is 8.47. The Labute approximate surface area is 139 Å². The molecular formula is C18H18N2O4. The zero-order chi connectivity index (χ0) is 17.4. The second-order valence-corrected chi connectivity index (χ2v) is 5.06. The first-order chi connectivity index (χ1) is 11.6. The monoisotopic (exact) mass is 326 g/mol. The van der Waals surface area contributed by atoms with E-state index in [9.17, 15) is 14.4 Å². The van der Waals surface area contributed by atoms with Gasteiger partial charge in [0.15, 0.2) is 12.4 Å². The fourth-order valence-electron chi connectivity index (χ4n) is 2.01. The van der Waals surface area contributed by atoms with E-state index in [-0.39, 0.29) is 12.4 Å². The van der Waals surface area contributed by atoms with Gasteiger partial charge in [-0.2, -0.15) is 0 Å². The van der Waals surface area contributed by atoms with Crippen molar-refractivity contribution in [3.8, 4) is 5.75 Å². The van der Waals surface area contributed by atoms with E-state index >= 15 is 0 Å². The van der Waals surface area contributed by atoms with Gasteiger partial charge in [0.05, 0.1) is 5.56 Å². The number of carbonyl (C=O) groups is 3. The van der Waals surface area contributed by atoms with Gasteiger partial charge in [-0.25, -0.2) is 4.79 Å². The van der Waals surface area contributed by atoms with Crippen molar-refractivity contribution in [3.63, 3.8) is 0 Å². The average molecular weight is 326 g/mol. The third-order valence-electron chi connectivity index (χ3n) is 3.17. The predicted octanol–water partition coefficient (Wildman–Crippen LogP) is 2.29. The first-order valence-corrected chi connectivity index (χ1v) is 7.40. The Hall–Kier alpha value is -3.15. The summed E-state index contributed by atoms with van der Waals surface area (Å²) in [5.41, 5.74) is 1.31. The highest BCUT2D eigenvalue weighted by Gasteiger charge is 2.11. The van der Waals surface area contributed by atoms with Crippen LogP contribution in [0.1, 0.15) is 22.8 Å². The van der Waals surface area contributed by atoms with E-state index in [0.717, 1.165) is 5.56 Å². The number of rotatable bonds is 6. The Balaban J connectivity index is 1.79. The van der Waals surface area contributed by atoms with Crippen LogP contribution in [0.3, 0.4) is 0 Å². The Morgan fingerprint density at radius 2 is 1.62 bits per heavy atom. The lowest BCUT2D eigenvalue weighted by molar-refractivity contribution is -0.122. The molecule has 0 spiro atoms. The molecule has 6 nitrogen and oxygen atoms in total. The summed E-state index contributed by atoms with van der Waals surface area (Å²) < 4.78 is 5.31. The van der Waals surface area contributed by atoms with Crippen LogP contribution in [-0.4, -0.2) is 24.3 Å². The lowest BCUT2D eigenvalue weighted by atomic mass is 10.1. The molecule has 0 radical (unpaired) electrons. The first kappa shape index (κ1) is 17.2. The highest BCUT2D eigenvalue weighted by molar-refractivity contribution is 5.97. The molecule has 0 atom stereocenters. The molecule has 124 valence electrons. The molecular weight excluding hydrogens is 308 g/mol. The molecule has 0 unspecified atom stereocenters. The van der Waals surface area contributed by atoms with E-state index < -0.39 is 11.9 Å². The molecule has 0 aliphatic rings. The Morgan fingerprint density at radius 3 is 2.33 bits per heavy atom. The van der Waals surface area contributed by atoms with E-state index in [1.54, 1.807) is 24.3 Å². The zero-order valence-electron chi connectivity index (χ0n) is 13.2. The number of imide groups is 1. The van der Waals surface area contributed by atoms with Crippen molar-refractivity contribution in [1.82, 2.24) is 10.6 Å². The maximum atomic E-state index is 11.7. The van der Waals surface area contributed by atoms with Crippen molar-refractivity contribution < 1.29 is 19.1 Å². The maximum Gasteiger partial charge on any atom is 0.321 e. The Bertz CT molecular complexity index is 729. The van der Waals surface area contributed by atoms with Crippen molar-refractivity contribution in [2.75, 3.05) is 6.61 Å². The van der Waals surface area contributed by atoms with Crippen molar-refractivity contribution >= 4 is 17.7 Å². The highest BCUT2D eigenvalue weighted by atomic mass is 16.5. The molecule has 24 heavy (non-hydrogen) atoms. The molecule has 0 aliphatic carbocycles. The van der Waals surface area contributed by atoms with Gasteiger partial charge in [-0.05, 0) is 24.6 Å². The number of hydrogen-bond acceptors (Lipinski definition) is 4. The summed E-state index contributed by atoms with van der Waals surface area (Å²) in [5.74, 6) is -0.449. The Kier molecular flexibility index (Phi) is 6.08. The van der Waals surface area contributed by atoms with E-state index in [1.807, 2.05) is 30.3 Å². The summed E-state index contributed by atoms with van der Waals surface area (Å²) in [6.07, 6.45) is 0. The fraction of sp³-hybridized carbons (Fsp3) is 0.167. The number of ketones is 1. The van der Waals surface area contributed by atoms with Crippen molar-refractivity contribution in [2.24, 2.45) is 0 Å². The standard InChI is InChI=1S/C18H18N2O4/c1-13(21)15-9-5-6-10-16(15)24-12-17(22)20-18(23)19-11-14-7-3-2-4-8-14/h2-10H,11-12H2,1H3,(H2,19,20,22,23). The zero-order valence-corrected chi connectivity index (χ0v) is 13.2. The van der Waals surface area contributed by atoms with Crippen molar-refractivity contribution in [2.45, 2.75) is 13.5 Å². The van der Waals surface area contributed by atoms with Crippen LogP contribution in [0.15, 0.2) is 54.6 Å². The summed E-state index contributed by atoms with van der Waals surface area (Å²) in [4.78, 5) is 34.9. The van der Waals surface area contributed by atoms with Crippen LogP contribution in [0, 0.1) is 0 Å². The van der Waals surface area contributed by atoms with Gasteiger partial charge in [-0.3, -0.25) is 14.9 Å². The van der Waals surface area contributed by atoms with Gasteiger partial charge < -0.3 is 10.1 Å². The van der Waals surface area contributed by atoms with E-state index in [1.165, 1.54) is 6.92 Å². The van der Waals surface area contributed by atoms with Gasteiger partial charge in [0.1, 0.15) is 5.75 Å². The molecule has 0 saturated carbocycles. The topological polar surface area (TPSA) is 84.5 Å². The lowest BCUT2D eigenvalue weighted by Gasteiger charge is -2.10. The third-order valence-corrected chi connectivity index (χ3v) is 3.17. The van der Waals surface area contributed by atoms with E-state index in [4.69, 9.17) is 4.74 Å². The van der Waals surface area contributed by atoms with Crippen LogP contribution in [-0.2, 0) is 11.3 Å². The van der Waals surface area contributed by atoms with Gasteiger partial charge in [0, 0.05) is 6.54 Å². The molecule has 0 aromatic heterocycles. The molecule has 6 heteroatoms. The van der Waals surface area contributed by atoms with Gasteiger partial charge >= 0.3 is 6.03 Å². The molecule has 0 saturated heterocycles. The third kappa shape index (κ3) is 5.24. The number of benzene rings is 2. The highest BCUT2D eigenvalue weighted by Crippen LogP contribution is 2.18. The molecule has 2 aromatic rings. The number of ether oxygens (including phenoxy) is 1. The first-order valence-electron chi connectivity index (χ1n) is 7.40. The molecule has 3 amide bonds. The Morgan fingerprint density at radius 1 is 0.958 bits per heavy atom. The lowest BCUT2D eigenvalue weighted by Crippen LogP contribution is -2.41. The quantitative estimate of drug-likeness (QED) is 0.798. The number of amides is 3. The number of Topliss-reactive ketones (excluding diaryl/α,β-unsaturated/α-hetero) is 1. The van der Waals surface area contributed by atoms with Crippen LogP contribution in [0.4, 0.5) is 4.79 Å². The van der Waals surface area contributed by atoms with Crippen LogP contribution in [0.25, 0.3) is 0 Å². The summed E-state index contributed by atoms with van der Waals surface area (Å²) >= 11 is 0. The number of urea groups is 1. The minimum absolute atomic E-state index is 0.161. The number of hydrogen-bond donors (Lipinski definition) is 2. The van der Waals surface area contributed by atoms with Gasteiger partial charge in [0.2, 0.25) is 0 Å². The second-order valence-electron chi connectivity index (χ2n) is 5.06. The maximum absolute atomic E-state index is 11.7. The van der Waals surface area contributed by atoms with Gasteiger partial charge in [-0.15, -0.1) is 0 Å². The fourth-order valence-corrected chi connectivity index (χ4v) is 2.01. The number of para-hydroxylation sites is 1.